The van der Waals surface area contributed by atoms with Gasteiger partial charge in [-0.15, -0.1) is 0 Å². The van der Waals surface area contributed by atoms with Gasteiger partial charge in [-0.05, 0) is 24.6 Å². The fraction of sp³-hybridized carbons (Fsp3) is 0.167. The SMILES string of the molecule is CCc1cc(NC(=O)c2cc(Br)ccc2F)n[nH]1. The number of halogens is 2. The highest BCUT2D eigenvalue weighted by molar-refractivity contribution is 9.10. The number of hydrogen-bond donors (Lipinski definition) is 2. The van der Waals surface area contributed by atoms with E-state index >= 15 is 0 Å². The van der Waals surface area contributed by atoms with Crippen LogP contribution in [0.25, 0.3) is 0 Å². The van der Waals surface area contributed by atoms with Crippen molar-refractivity contribution in [3.05, 3.63) is 45.8 Å². The molecule has 1 aromatic carbocycles. The van der Waals surface area contributed by atoms with Crippen LogP contribution in [0.3, 0.4) is 0 Å². The molecule has 2 rings (SSSR count). The van der Waals surface area contributed by atoms with Gasteiger partial charge in [-0.2, -0.15) is 5.10 Å². The summed E-state index contributed by atoms with van der Waals surface area (Å²) in [6.45, 7) is 1.97. The first-order valence-corrected chi connectivity index (χ1v) is 6.20. The molecule has 0 saturated carbocycles. The van der Waals surface area contributed by atoms with E-state index in [0.717, 1.165) is 12.1 Å². The molecule has 0 atom stereocenters. The number of benzene rings is 1. The first kappa shape index (κ1) is 12.8. The topological polar surface area (TPSA) is 57.8 Å². The van der Waals surface area contributed by atoms with Crippen LogP contribution in [0.15, 0.2) is 28.7 Å². The van der Waals surface area contributed by atoms with Crippen molar-refractivity contribution in [1.29, 1.82) is 0 Å². The van der Waals surface area contributed by atoms with E-state index in [-0.39, 0.29) is 5.56 Å². The summed E-state index contributed by atoms with van der Waals surface area (Å²) in [7, 11) is 0. The summed E-state index contributed by atoms with van der Waals surface area (Å²) in [5.41, 5.74) is 0.880. The maximum atomic E-state index is 13.5. The van der Waals surface area contributed by atoms with E-state index in [1.165, 1.54) is 18.2 Å². The third-order valence-corrected chi connectivity index (χ3v) is 2.92. The molecule has 0 spiro atoms. The Morgan fingerprint density at radius 3 is 2.94 bits per heavy atom. The lowest BCUT2D eigenvalue weighted by atomic mass is 10.2. The summed E-state index contributed by atoms with van der Waals surface area (Å²) >= 11 is 3.20. The molecule has 0 aliphatic carbocycles. The number of anilines is 1. The molecule has 4 nitrogen and oxygen atoms in total. The number of aromatic amines is 1. The van der Waals surface area contributed by atoms with E-state index in [0.29, 0.717) is 10.3 Å². The minimum Gasteiger partial charge on any atom is -0.305 e. The Morgan fingerprint density at radius 1 is 1.50 bits per heavy atom. The first-order chi connectivity index (χ1) is 8.60. The first-order valence-electron chi connectivity index (χ1n) is 5.41. The summed E-state index contributed by atoms with van der Waals surface area (Å²) in [5, 5.41) is 9.22. The molecular weight excluding hydrogens is 301 g/mol. The molecule has 2 aromatic rings. The maximum absolute atomic E-state index is 13.5. The Morgan fingerprint density at radius 2 is 2.28 bits per heavy atom. The molecule has 0 fully saturated rings. The highest BCUT2D eigenvalue weighted by Crippen LogP contribution is 2.17. The standard InChI is InChI=1S/C12H11BrFN3O/c1-2-8-6-11(17-16-8)15-12(18)9-5-7(13)3-4-10(9)14/h3-6H,2H2,1H3,(H2,15,16,17,18). The van der Waals surface area contributed by atoms with Crippen LogP contribution in [0.1, 0.15) is 23.0 Å². The molecule has 1 heterocycles. The van der Waals surface area contributed by atoms with Crippen molar-refractivity contribution in [1.82, 2.24) is 10.2 Å². The third kappa shape index (κ3) is 2.76. The normalized spacial score (nSPS) is 10.4. The van der Waals surface area contributed by atoms with Gasteiger partial charge in [0.05, 0.1) is 5.56 Å². The van der Waals surface area contributed by atoms with Gasteiger partial charge in [0.1, 0.15) is 5.82 Å². The van der Waals surface area contributed by atoms with E-state index in [1.807, 2.05) is 6.92 Å². The average molecular weight is 312 g/mol. The predicted molar refractivity (Wildman–Crippen MR) is 70.0 cm³/mol. The lowest BCUT2D eigenvalue weighted by molar-refractivity contribution is 0.102. The molecule has 6 heteroatoms. The van der Waals surface area contributed by atoms with Crippen LogP contribution in [0.5, 0.6) is 0 Å². The summed E-state index contributed by atoms with van der Waals surface area (Å²) in [5.74, 6) is -0.707. The average Bonchev–Trinajstić information content (AvgIpc) is 2.80. The number of nitrogens with zero attached hydrogens (tertiary/aromatic N) is 1. The van der Waals surface area contributed by atoms with Crippen molar-refractivity contribution in [3.8, 4) is 0 Å². The number of rotatable bonds is 3. The lowest BCUT2D eigenvalue weighted by Crippen LogP contribution is -2.14. The Kier molecular flexibility index (Phi) is 3.76. The molecule has 1 amide bonds. The van der Waals surface area contributed by atoms with E-state index in [9.17, 15) is 9.18 Å². The van der Waals surface area contributed by atoms with Crippen LogP contribution < -0.4 is 5.32 Å². The summed E-state index contributed by atoms with van der Waals surface area (Å²) < 4.78 is 14.1. The van der Waals surface area contributed by atoms with Crippen LogP contribution in [-0.2, 0) is 6.42 Å². The maximum Gasteiger partial charge on any atom is 0.259 e. The van der Waals surface area contributed by atoms with E-state index in [4.69, 9.17) is 0 Å². The molecule has 0 bridgehead atoms. The predicted octanol–water partition coefficient (Wildman–Crippen LogP) is 3.13. The van der Waals surface area contributed by atoms with Gasteiger partial charge in [0.15, 0.2) is 5.82 Å². The highest BCUT2D eigenvalue weighted by Gasteiger charge is 2.13. The van der Waals surface area contributed by atoms with Crippen molar-refractivity contribution < 1.29 is 9.18 Å². The number of H-pyrrole nitrogens is 1. The van der Waals surface area contributed by atoms with Crippen molar-refractivity contribution in [2.45, 2.75) is 13.3 Å². The second-order valence-corrected chi connectivity index (χ2v) is 4.63. The quantitative estimate of drug-likeness (QED) is 0.915. The van der Waals surface area contributed by atoms with Gasteiger partial charge in [0.25, 0.3) is 5.91 Å². The van der Waals surface area contributed by atoms with E-state index in [2.05, 4.69) is 31.4 Å². The van der Waals surface area contributed by atoms with E-state index < -0.39 is 11.7 Å². The van der Waals surface area contributed by atoms with Crippen molar-refractivity contribution in [3.63, 3.8) is 0 Å². The van der Waals surface area contributed by atoms with Gasteiger partial charge in [-0.25, -0.2) is 4.39 Å². The van der Waals surface area contributed by atoms with Gasteiger partial charge in [0.2, 0.25) is 0 Å². The number of nitrogens with one attached hydrogen (secondary N) is 2. The molecular formula is C12H11BrFN3O. The fourth-order valence-electron chi connectivity index (χ4n) is 1.46. The molecule has 1 aromatic heterocycles. The van der Waals surface area contributed by atoms with Crippen LogP contribution in [0.2, 0.25) is 0 Å². The second-order valence-electron chi connectivity index (χ2n) is 3.71. The largest absolute Gasteiger partial charge is 0.305 e. The molecule has 18 heavy (non-hydrogen) atoms. The molecule has 0 saturated heterocycles. The Hall–Kier alpha value is -1.69. The Bertz CT molecular complexity index is 582. The third-order valence-electron chi connectivity index (χ3n) is 2.43. The van der Waals surface area contributed by atoms with Gasteiger partial charge >= 0.3 is 0 Å². The van der Waals surface area contributed by atoms with Gasteiger partial charge in [-0.3, -0.25) is 9.89 Å². The Balaban J connectivity index is 2.19. The zero-order chi connectivity index (χ0) is 13.1. The molecule has 0 aliphatic heterocycles. The van der Waals surface area contributed by atoms with Crippen LogP contribution in [0, 0.1) is 5.82 Å². The fourth-order valence-corrected chi connectivity index (χ4v) is 1.82. The summed E-state index contributed by atoms with van der Waals surface area (Å²) in [4.78, 5) is 11.9. The number of carbonyl (C=O) groups is 1. The molecule has 0 radical (unpaired) electrons. The number of amides is 1. The molecule has 0 unspecified atom stereocenters. The van der Waals surface area contributed by atoms with Gasteiger partial charge < -0.3 is 5.32 Å². The highest BCUT2D eigenvalue weighted by atomic mass is 79.9. The summed E-state index contributed by atoms with van der Waals surface area (Å²) in [6.07, 6.45) is 0.786. The zero-order valence-electron chi connectivity index (χ0n) is 9.63. The monoisotopic (exact) mass is 311 g/mol. The number of aryl methyl sites for hydroxylation is 1. The molecule has 2 N–H and O–H groups in total. The number of carbonyl (C=O) groups excluding carboxylic acids is 1. The van der Waals surface area contributed by atoms with Gasteiger partial charge in [-0.1, -0.05) is 22.9 Å². The lowest BCUT2D eigenvalue weighted by Gasteiger charge is -2.03. The van der Waals surface area contributed by atoms with Crippen LogP contribution >= 0.6 is 15.9 Å². The zero-order valence-corrected chi connectivity index (χ0v) is 11.2. The summed E-state index contributed by atoms with van der Waals surface area (Å²) in [6, 6.07) is 5.92. The minimum absolute atomic E-state index is 0.0228. The number of hydrogen-bond acceptors (Lipinski definition) is 2. The van der Waals surface area contributed by atoms with Crippen LogP contribution in [0.4, 0.5) is 10.2 Å². The van der Waals surface area contributed by atoms with Crippen molar-refractivity contribution in [2.75, 3.05) is 5.32 Å². The second kappa shape index (κ2) is 5.30. The minimum atomic E-state index is -0.568. The molecule has 0 aliphatic rings. The Labute approximate surface area is 112 Å². The molecule has 94 valence electrons. The van der Waals surface area contributed by atoms with Crippen molar-refractivity contribution in [2.24, 2.45) is 0 Å². The van der Waals surface area contributed by atoms with Crippen LogP contribution in [-0.4, -0.2) is 16.1 Å². The van der Waals surface area contributed by atoms with E-state index in [1.54, 1.807) is 6.07 Å². The smallest absolute Gasteiger partial charge is 0.259 e. The van der Waals surface area contributed by atoms with Crippen molar-refractivity contribution >= 4 is 27.7 Å². The number of aromatic nitrogens is 2. The van der Waals surface area contributed by atoms with Gasteiger partial charge in [0, 0.05) is 16.2 Å².